The highest BCUT2D eigenvalue weighted by atomic mass is 32.1. The van der Waals surface area contributed by atoms with Crippen LogP contribution in [-0.2, 0) is 16.1 Å². The van der Waals surface area contributed by atoms with Gasteiger partial charge in [0.2, 0.25) is 11.8 Å². The molecule has 160 valence electrons. The summed E-state index contributed by atoms with van der Waals surface area (Å²) < 4.78 is 0. The summed E-state index contributed by atoms with van der Waals surface area (Å²) in [6.07, 6.45) is 0. The maximum atomic E-state index is 13.3. The largest absolute Gasteiger partial charge is 0.352 e. The normalized spacial score (nSPS) is 10.7. The van der Waals surface area contributed by atoms with Gasteiger partial charge in [0.05, 0.1) is 11.6 Å². The molecule has 6 heteroatoms. The van der Waals surface area contributed by atoms with Crippen molar-refractivity contribution >= 4 is 28.3 Å². The molecule has 2 amide bonds. The summed E-state index contributed by atoms with van der Waals surface area (Å²) in [5, 5.41) is 8.27. The molecule has 0 spiro atoms. The van der Waals surface area contributed by atoms with Crippen molar-refractivity contribution < 1.29 is 9.59 Å². The Hall–Kier alpha value is -3.77. The number of aromatic nitrogens is 1. The Bertz CT molecular complexity index is 1150. The van der Waals surface area contributed by atoms with Crippen molar-refractivity contribution in [3.8, 4) is 11.3 Å². The molecule has 0 saturated carbocycles. The monoisotopic (exact) mass is 441 g/mol. The summed E-state index contributed by atoms with van der Waals surface area (Å²) in [5.41, 5.74) is 4.63. The van der Waals surface area contributed by atoms with E-state index in [4.69, 9.17) is 0 Å². The van der Waals surface area contributed by atoms with Gasteiger partial charge in [-0.2, -0.15) is 0 Å². The van der Waals surface area contributed by atoms with Gasteiger partial charge in [-0.1, -0.05) is 84.9 Å². The number of amides is 2. The van der Waals surface area contributed by atoms with E-state index in [2.05, 4.69) is 15.6 Å². The van der Waals surface area contributed by atoms with Crippen LogP contribution in [0.1, 0.15) is 29.5 Å². The van der Waals surface area contributed by atoms with Crippen molar-refractivity contribution in [1.29, 1.82) is 0 Å². The minimum atomic E-state index is -0.419. The van der Waals surface area contributed by atoms with Crippen LogP contribution < -0.4 is 10.6 Å². The van der Waals surface area contributed by atoms with Crippen LogP contribution in [0, 0.1) is 0 Å². The Morgan fingerprint density at radius 3 is 2.03 bits per heavy atom. The zero-order valence-corrected chi connectivity index (χ0v) is 18.4. The first-order chi connectivity index (χ1) is 15.6. The van der Waals surface area contributed by atoms with Crippen LogP contribution in [-0.4, -0.2) is 16.8 Å². The van der Waals surface area contributed by atoms with Gasteiger partial charge in [-0.3, -0.25) is 9.59 Å². The topological polar surface area (TPSA) is 71.1 Å². The highest BCUT2D eigenvalue weighted by Crippen LogP contribution is 2.29. The Kier molecular flexibility index (Phi) is 6.72. The van der Waals surface area contributed by atoms with E-state index in [-0.39, 0.29) is 11.8 Å². The third-order valence-electron chi connectivity index (χ3n) is 5.05. The SMILES string of the molecule is CC(=O)NCc1ccc(-c2csc(NC(=O)C(c3ccccc3)c3ccccc3)n2)cc1. The molecule has 1 heterocycles. The summed E-state index contributed by atoms with van der Waals surface area (Å²) in [6, 6.07) is 27.4. The zero-order valence-electron chi connectivity index (χ0n) is 17.6. The van der Waals surface area contributed by atoms with Crippen LogP contribution in [0.3, 0.4) is 0 Å². The Balaban J connectivity index is 1.50. The van der Waals surface area contributed by atoms with E-state index in [1.165, 1.54) is 18.3 Å². The number of carbonyl (C=O) groups is 2. The molecule has 2 N–H and O–H groups in total. The van der Waals surface area contributed by atoms with E-state index < -0.39 is 5.92 Å². The quantitative estimate of drug-likeness (QED) is 0.413. The number of nitrogens with one attached hydrogen (secondary N) is 2. The Labute approximate surface area is 191 Å². The van der Waals surface area contributed by atoms with E-state index in [9.17, 15) is 9.59 Å². The summed E-state index contributed by atoms with van der Waals surface area (Å²) in [7, 11) is 0. The second-order valence-electron chi connectivity index (χ2n) is 7.39. The highest BCUT2D eigenvalue weighted by molar-refractivity contribution is 7.14. The number of hydrogen-bond donors (Lipinski definition) is 2. The van der Waals surface area contributed by atoms with Crippen molar-refractivity contribution in [2.45, 2.75) is 19.4 Å². The molecule has 0 aliphatic rings. The highest BCUT2D eigenvalue weighted by Gasteiger charge is 2.23. The van der Waals surface area contributed by atoms with Crippen molar-refractivity contribution in [2.24, 2.45) is 0 Å². The molecule has 0 bridgehead atoms. The van der Waals surface area contributed by atoms with Crippen LogP contribution in [0.15, 0.2) is 90.3 Å². The number of hydrogen-bond acceptors (Lipinski definition) is 4. The standard InChI is InChI=1S/C26H23N3O2S/c1-18(30)27-16-19-12-14-20(15-13-19)23-17-32-26(28-23)29-25(31)24(21-8-4-2-5-9-21)22-10-6-3-7-11-22/h2-15,17,24H,16H2,1H3,(H,27,30)(H,28,29,31). The first-order valence-corrected chi connectivity index (χ1v) is 11.2. The summed E-state index contributed by atoms with van der Waals surface area (Å²) >= 11 is 1.40. The van der Waals surface area contributed by atoms with Crippen molar-refractivity contribution in [1.82, 2.24) is 10.3 Å². The molecule has 0 unspecified atom stereocenters. The van der Waals surface area contributed by atoms with Gasteiger partial charge >= 0.3 is 0 Å². The molecule has 0 saturated heterocycles. The van der Waals surface area contributed by atoms with Gasteiger partial charge < -0.3 is 10.6 Å². The predicted molar refractivity (Wildman–Crippen MR) is 128 cm³/mol. The smallest absolute Gasteiger partial charge is 0.238 e. The third-order valence-corrected chi connectivity index (χ3v) is 5.81. The van der Waals surface area contributed by atoms with E-state index in [0.29, 0.717) is 11.7 Å². The van der Waals surface area contributed by atoms with Gasteiger partial charge in [0.15, 0.2) is 5.13 Å². The molecule has 0 atom stereocenters. The number of nitrogens with zero attached hydrogens (tertiary/aromatic N) is 1. The first kappa shape index (κ1) is 21.5. The maximum Gasteiger partial charge on any atom is 0.238 e. The molecular formula is C26H23N3O2S. The van der Waals surface area contributed by atoms with Gasteiger partial charge in [0.1, 0.15) is 0 Å². The number of benzene rings is 3. The van der Waals surface area contributed by atoms with Crippen molar-refractivity contribution in [3.63, 3.8) is 0 Å². The van der Waals surface area contributed by atoms with E-state index in [0.717, 1.165) is 27.9 Å². The number of thiazole rings is 1. The lowest BCUT2D eigenvalue weighted by Crippen LogP contribution is -2.22. The van der Waals surface area contributed by atoms with Gasteiger partial charge in [-0.05, 0) is 16.7 Å². The average Bonchev–Trinajstić information content (AvgIpc) is 3.28. The van der Waals surface area contributed by atoms with Crippen LogP contribution in [0.4, 0.5) is 5.13 Å². The second kappa shape index (κ2) is 10.0. The van der Waals surface area contributed by atoms with Crippen LogP contribution in [0.5, 0.6) is 0 Å². The zero-order chi connectivity index (χ0) is 22.3. The molecular weight excluding hydrogens is 418 g/mol. The first-order valence-electron chi connectivity index (χ1n) is 10.3. The fraction of sp³-hybridized carbons (Fsp3) is 0.115. The maximum absolute atomic E-state index is 13.3. The Morgan fingerprint density at radius 1 is 0.875 bits per heavy atom. The molecule has 32 heavy (non-hydrogen) atoms. The fourth-order valence-corrected chi connectivity index (χ4v) is 4.17. The predicted octanol–water partition coefficient (Wildman–Crippen LogP) is 5.22. The molecule has 4 aromatic rings. The molecule has 0 aliphatic heterocycles. The van der Waals surface area contributed by atoms with Crippen LogP contribution in [0.25, 0.3) is 11.3 Å². The van der Waals surface area contributed by atoms with E-state index in [1.807, 2.05) is 90.3 Å². The molecule has 1 aromatic heterocycles. The number of anilines is 1. The molecule has 4 rings (SSSR count). The molecule has 0 radical (unpaired) electrons. The van der Waals surface area contributed by atoms with Gasteiger partial charge in [0.25, 0.3) is 0 Å². The molecule has 0 aliphatic carbocycles. The van der Waals surface area contributed by atoms with Gasteiger partial charge in [0, 0.05) is 24.4 Å². The van der Waals surface area contributed by atoms with Gasteiger partial charge in [-0.15, -0.1) is 11.3 Å². The fourth-order valence-electron chi connectivity index (χ4n) is 3.45. The molecule has 0 fully saturated rings. The van der Waals surface area contributed by atoms with Gasteiger partial charge in [-0.25, -0.2) is 4.98 Å². The van der Waals surface area contributed by atoms with Crippen molar-refractivity contribution in [3.05, 3.63) is 107 Å². The summed E-state index contributed by atoms with van der Waals surface area (Å²) in [5.74, 6) is -0.593. The minimum Gasteiger partial charge on any atom is -0.352 e. The number of carbonyl (C=O) groups excluding carboxylic acids is 2. The minimum absolute atomic E-state index is 0.0572. The number of rotatable bonds is 7. The van der Waals surface area contributed by atoms with Crippen molar-refractivity contribution in [2.75, 3.05) is 5.32 Å². The Morgan fingerprint density at radius 2 is 1.47 bits per heavy atom. The lowest BCUT2D eigenvalue weighted by atomic mass is 9.90. The second-order valence-corrected chi connectivity index (χ2v) is 8.25. The van der Waals surface area contributed by atoms with E-state index >= 15 is 0 Å². The molecule has 3 aromatic carbocycles. The molecule has 5 nitrogen and oxygen atoms in total. The van der Waals surface area contributed by atoms with E-state index in [1.54, 1.807) is 0 Å². The van der Waals surface area contributed by atoms with Crippen LogP contribution in [0.2, 0.25) is 0 Å². The average molecular weight is 442 g/mol. The lowest BCUT2D eigenvalue weighted by Gasteiger charge is -2.17. The summed E-state index contributed by atoms with van der Waals surface area (Å²) in [6.45, 7) is 1.99. The lowest BCUT2D eigenvalue weighted by molar-refractivity contribution is -0.119. The third kappa shape index (κ3) is 5.28. The van der Waals surface area contributed by atoms with Crippen LogP contribution >= 0.6 is 11.3 Å². The summed E-state index contributed by atoms with van der Waals surface area (Å²) in [4.78, 5) is 28.9.